The van der Waals surface area contributed by atoms with Crippen molar-refractivity contribution in [3.8, 4) is 11.3 Å². The molecule has 2 aromatic carbocycles. The van der Waals surface area contributed by atoms with Gasteiger partial charge in [-0.05, 0) is 61.6 Å². The molecule has 1 amide bonds. The topological polar surface area (TPSA) is 50.5 Å². The van der Waals surface area contributed by atoms with Crippen molar-refractivity contribution in [2.75, 3.05) is 6.54 Å². The second kappa shape index (κ2) is 7.76. The Morgan fingerprint density at radius 1 is 1.12 bits per heavy atom. The van der Waals surface area contributed by atoms with Crippen LogP contribution in [0.15, 0.2) is 59.1 Å². The average molecular weight is 505 g/mol. The standard InChI is InChI=1S/C26H22BrFN4O/c1-15-19-5-3-2-4-16(19)10-11-31(15)26(33)23-13-24(17-6-7-17)32-25(29-23)14-22(30-32)20-9-8-18(27)12-21(20)28/h2-5,8-9,12-15,17H,6-7,10-11H2,1H3. The van der Waals surface area contributed by atoms with Crippen molar-refractivity contribution < 1.29 is 9.18 Å². The third-order valence-corrected chi connectivity index (χ3v) is 7.23. The minimum atomic E-state index is -0.349. The number of hydrogen-bond donors (Lipinski definition) is 0. The molecule has 0 radical (unpaired) electrons. The minimum absolute atomic E-state index is 0.0119. The first-order valence-electron chi connectivity index (χ1n) is 11.2. The summed E-state index contributed by atoms with van der Waals surface area (Å²) in [5.41, 5.74) is 5.39. The number of carbonyl (C=O) groups excluding carboxylic acids is 1. The lowest BCUT2D eigenvalue weighted by Crippen LogP contribution is -2.39. The highest BCUT2D eigenvalue weighted by Gasteiger charge is 2.32. The second-order valence-electron chi connectivity index (χ2n) is 8.89. The fraction of sp³-hybridized carbons (Fsp3) is 0.269. The smallest absolute Gasteiger partial charge is 0.273 e. The maximum atomic E-state index is 14.6. The summed E-state index contributed by atoms with van der Waals surface area (Å²) < 4.78 is 17.0. The van der Waals surface area contributed by atoms with E-state index >= 15 is 0 Å². The SMILES string of the molecule is CC1c2ccccc2CCN1C(=O)c1cc(C2CC2)n2nc(-c3ccc(Br)cc3F)cc2n1. The molecule has 0 saturated heterocycles. The fourth-order valence-corrected chi connectivity index (χ4v) is 5.14. The number of aromatic nitrogens is 3. The van der Waals surface area contributed by atoms with Gasteiger partial charge in [-0.15, -0.1) is 0 Å². The van der Waals surface area contributed by atoms with E-state index in [-0.39, 0.29) is 17.8 Å². The molecule has 0 bridgehead atoms. The van der Waals surface area contributed by atoms with Gasteiger partial charge in [0.05, 0.1) is 11.7 Å². The predicted molar refractivity (Wildman–Crippen MR) is 128 cm³/mol. The maximum absolute atomic E-state index is 14.6. The number of fused-ring (bicyclic) bond motifs is 2. The van der Waals surface area contributed by atoms with Crippen LogP contribution in [0, 0.1) is 5.82 Å². The number of benzene rings is 2. The van der Waals surface area contributed by atoms with Crippen molar-refractivity contribution in [1.29, 1.82) is 0 Å². The van der Waals surface area contributed by atoms with Crippen molar-refractivity contribution in [3.63, 3.8) is 0 Å². The van der Waals surface area contributed by atoms with E-state index in [0.29, 0.717) is 39.5 Å². The quantitative estimate of drug-likeness (QED) is 0.347. The van der Waals surface area contributed by atoms with Crippen molar-refractivity contribution in [1.82, 2.24) is 19.5 Å². The fourth-order valence-electron chi connectivity index (χ4n) is 4.80. The lowest BCUT2D eigenvalue weighted by molar-refractivity contribution is 0.0671. The van der Waals surface area contributed by atoms with Crippen molar-refractivity contribution in [2.24, 2.45) is 0 Å². The van der Waals surface area contributed by atoms with Crippen LogP contribution in [0.2, 0.25) is 0 Å². The predicted octanol–water partition coefficient (Wildman–Crippen LogP) is 5.93. The van der Waals surface area contributed by atoms with Crippen LogP contribution in [0.3, 0.4) is 0 Å². The summed E-state index contributed by atoms with van der Waals surface area (Å²) in [6, 6.07) is 16.9. The van der Waals surface area contributed by atoms with Gasteiger partial charge in [-0.2, -0.15) is 5.10 Å². The third kappa shape index (κ3) is 3.55. The zero-order valence-electron chi connectivity index (χ0n) is 18.1. The number of rotatable bonds is 3. The van der Waals surface area contributed by atoms with Crippen LogP contribution in [0.4, 0.5) is 4.39 Å². The first-order valence-corrected chi connectivity index (χ1v) is 12.0. The molecule has 0 N–H and O–H groups in total. The molecule has 0 spiro atoms. The van der Waals surface area contributed by atoms with Gasteiger partial charge in [-0.25, -0.2) is 13.9 Å². The highest BCUT2D eigenvalue weighted by atomic mass is 79.9. The summed E-state index contributed by atoms with van der Waals surface area (Å²) in [5, 5.41) is 4.67. The van der Waals surface area contributed by atoms with E-state index in [0.717, 1.165) is 25.0 Å². The average Bonchev–Trinajstić information content (AvgIpc) is 3.57. The van der Waals surface area contributed by atoms with E-state index in [2.05, 4.69) is 45.1 Å². The Balaban J connectivity index is 1.41. The zero-order valence-corrected chi connectivity index (χ0v) is 19.7. The molecule has 3 heterocycles. The minimum Gasteiger partial charge on any atom is -0.330 e. The van der Waals surface area contributed by atoms with Crippen molar-refractivity contribution >= 4 is 27.5 Å². The first-order chi connectivity index (χ1) is 16.0. The zero-order chi connectivity index (χ0) is 22.7. The maximum Gasteiger partial charge on any atom is 0.273 e. The largest absolute Gasteiger partial charge is 0.330 e. The van der Waals surface area contributed by atoms with Gasteiger partial charge in [0, 0.05) is 34.3 Å². The number of amides is 1. The Bertz CT molecular complexity index is 1410. The lowest BCUT2D eigenvalue weighted by atomic mass is 9.93. The molecular weight excluding hydrogens is 483 g/mol. The van der Waals surface area contributed by atoms with Gasteiger partial charge in [0.1, 0.15) is 11.5 Å². The van der Waals surface area contributed by atoms with Gasteiger partial charge in [-0.3, -0.25) is 4.79 Å². The van der Waals surface area contributed by atoms with Crippen LogP contribution in [-0.2, 0) is 6.42 Å². The summed E-state index contributed by atoms with van der Waals surface area (Å²) in [5.74, 6) is -0.0686. The van der Waals surface area contributed by atoms with Gasteiger partial charge in [0.15, 0.2) is 5.65 Å². The van der Waals surface area contributed by atoms with Gasteiger partial charge in [-0.1, -0.05) is 40.2 Å². The van der Waals surface area contributed by atoms with Crippen molar-refractivity contribution in [3.05, 3.63) is 87.4 Å². The lowest BCUT2D eigenvalue weighted by Gasteiger charge is -2.35. The molecule has 6 rings (SSSR count). The molecule has 1 aliphatic heterocycles. The van der Waals surface area contributed by atoms with Crippen LogP contribution < -0.4 is 0 Å². The normalized spacial score (nSPS) is 17.9. The van der Waals surface area contributed by atoms with E-state index in [4.69, 9.17) is 0 Å². The van der Waals surface area contributed by atoms with Crippen LogP contribution >= 0.6 is 15.9 Å². The first kappa shape index (κ1) is 20.5. The molecule has 1 saturated carbocycles. The van der Waals surface area contributed by atoms with E-state index in [1.165, 1.54) is 17.2 Å². The summed E-state index contributed by atoms with van der Waals surface area (Å²) >= 11 is 3.30. The molecule has 1 unspecified atom stereocenters. The Hall–Kier alpha value is -3.06. The Labute approximate surface area is 199 Å². The van der Waals surface area contributed by atoms with Crippen LogP contribution in [0.5, 0.6) is 0 Å². The monoisotopic (exact) mass is 504 g/mol. The molecule has 1 aliphatic carbocycles. The molecule has 166 valence electrons. The molecule has 2 aliphatic rings. The third-order valence-electron chi connectivity index (χ3n) is 6.73. The number of hydrogen-bond acceptors (Lipinski definition) is 3. The molecule has 4 aromatic rings. The molecular formula is C26H22BrFN4O. The van der Waals surface area contributed by atoms with E-state index in [9.17, 15) is 9.18 Å². The van der Waals surface area contributed by atoms with Gasteiger partial charge in [0.2, 0.25) is 0 Å². The van der Waals surface area contributed by atoms with Crippen LogP contribution in [0.25, 0.3) is 16.9 Å². The highest BCUT2D eigenvalue weighted by molar-refractivity contribution is 9.10. The van der Waals surface area contributed by atoms with Gasteiger partial charge < -0.3 is 4.90 Å². The molecule has 2 aromatic heterocycles. The highest BCUT2D eigenvalue weighted by Crippen LogP contribution is 2.41. The second-order valence-corrected chi connectivity index (χ2v) is 9.80. The van der Waals surface area contributed by atoms with Gasteiger partial charge >= 0.3 is 0 Å². The van der Waals surface area contributed by atoms with Crippen LogP contribution in [0.1, 0.15) is 59.0 Å². The summed E-state index contributed by atoms with van der Waals surface area (Å²) in [7, 11) is 0. The molecule has 7 heteroatoms. The molecule has 1 fully saturated rings. The molecule has 5 nitrogen and oxygen atoms in total. The number of halogens is 2. The van der Waals surface area contributed by atoms with Gasteiger partial charge in [0.25, 0.3) is 5.91 Å². The summed E-state index contributed by atoms with van der Waals surface area (Å²) in [4.78, 5) is 20.2. The summed E-state index contributed by atoms with van der Waals surface area (Å²) in [6.45, 7) is 2.74. The van der Waals surface area contributed by atoms with Crippen molar-refractivity contribution in [2.45, 2.75) is 38.1 Å². The van der Waals surface area contributed by atoms with E-state index < -0.39 is 0 Å². The Morgan fingerprint density at radius 2 is 1.94 bits per heavy atom. The van der Waals surface area contributed by atoms with E-state index in [1.54, 1.807) is 22.7 Å². The number of nitrogens with zero attached hydrogens (tertiary/aromatic N) is 4. The van der Waals surface area contributed by atoms with Crippen LogP contribution in [-0.4, -0.2) is 31.9 Å². The molecule has 1 atom stereocenters. The molecule has 33 heavy (non-hydrogen) atoms. The Morgan fingerprint density at radius 3 is 2.73 bits per heavy atom. The number of carbonyl (C=O) groups is 1. The Kier molecular flexibility index (Phi) is 4.83. The van der Waals surface area contributed by atoms with E-state index in [1.807, 2.05) is 23.1 Å². The summed E-state index contributed by atoms with van der Waals surface area (Å²) in [6.07, 6.45) is 2.95.